The molecule has 0 aliphatic heterocycles. The van der Waals surface area contributed by atoms with Crippen LogP contribution in [0.15, 0.2) is 42.9 Å². The number of ether oxygens (including phenoxy) is 2. The van der Waals surface area contributed by atoms with Crippen molar-refractivity contribution in [1.82, 2.24) is 20.2 Å². The molecule has 1 unspecified atom stereocenters. The van der Waals surface area contributed by atoms with Crippen LogP contribution in [-0.2, 0) is 11.0 Å². The highest BCUT2D eigenvalue weighted by molar-refractivity contribution is 6.31. The molecular formula is C20H17ClF4N4O3. The third kappa shape index (κ3) is 5.52. The number of hydrogen-bond donors (Lipinski definition) is 1. The predicted molar refractivity (Wildman–Crippen MR) is 105 cm³/mol. The number of halogens is 5. The Balaban J connectivity index is 1.77. The molecule has 7 nitrogen and oxygen atoms in total. The maximum absolute atomic E-state index is 13.3. The zero-order valence-corrected chi connectivity index (χ0v) is 17.5. The number of Topliss-reactive ketones (excluding diaryl/α,β-unsaturated/α-hetero) is 1. The van der Waals surface area contributed by atoms with Gasteiger partial charge in [-0.2, -0.15) is 18.3 Å². The quantitative estimate of drug-likeness (QED) is 0.473. The summed E-state index contributed by atoms with van der Waals surface area (Å²) in [5, 5.41) is 6.03. The minimum Gasteiger partial charge on any atom is -0.476 e. The van der Waals surface area contributed by atoms with Crippen LogP contribution in [0.2, 0.25) is 5.02 Å². The van der Waals surface area contributed by atoms with E-state index in [9.17, 15) is 22.4 Å². The smallest absolute Gasteiger partial charge is 0.417 e. The van der Waals surface area contributed by atoms with Crippen LogP contribution in [0.4, 0.5) is 17.6 Å². The Kier molecular flexibility index (Phi) is 6.68. The fourth-order valence-corrected chi connectivity index (χ4v) is 2.80. The van der Waals surface area contributed by atoms with E-state index in [0.29, 0.717) is 12.3 Å². The van der Waals surface area contributed by atoms with Crippen LogP contribution in [0.5, 0.6) is 11.6 Å². The van der Waals surface area contributed by atoms with Gasteiger partial charge in [0.05, 0.1) is 11.0 Å². The van der Waals surface area contributed by atoms with E-state index < -0.39 is 34.9 Å². The zero-order chi connectivity index (χ0) is 23.5. The second-order valence-corrected chi connectivity index (χ2v) is 7.76. The number of aromatic amines is 1. The topological polar surface area (TPSA) is 90.0 Å². The number of alkyl halides is 3. The first-order valence-electron chi connectivity index (χ1n) is 9.15. The van der Waals surface area contributed by atoms with Crippen molar-refractivity contribution in [3.05, 3.63) is 65.1 Å². The number of nitrogens with one attached hydrogen (secondary N) is 1. The molecule has 2 heterocycles. The number of pyridine rings is 1. The lowest BCUT2D eigenvalue weighted by atomic mass is 9.85. The molecule has 32 heavy (non-hydrogen) atoms. The molecule has 1 atom stereocenters. The van der Waals surface area contributed by atoms with Crippen LogP contribution >= 0.6 is 11.6 Å². The van der Waals surface area contributed by atoms with Crippen LogP contribution < -0.4 is 9.47 Å². The van der Waals surface area contributed by atoms with Crippen molar-refractivity contribution in [3.8, 4) is 11.6 Å². The van der Waals surface area contributed by atoms with Crippen LogP contribution in [0.3, 0.4) is 0 Å². The molecule has 0 saturated carbocycles. The molecule has 0 spiro atoms. The van der Waals surface area contributed by atoms with Crippen molar-refractivity contribution in [2.45, 2.75) is 26.1 Å². The Morgan fingerprint density at radius 3 is 2.44 bits per heavy atom. The molecule has 0 saturated heterocycles. The third-order valence-electron chi connectivity index (χ3n) is 4.35. The highest BCUT2D eigenvalue weighted by atomic mass is 35.5. The number of nitrogens with zero attached hydrogens (tertiary/aromatic N) is 3. The molecule has 0 bridgehead atoms. The average molecular weight is 473 g/mol. The van der Waals surface area contributed by atoms with E-state index in [4.69, 9.17) is 21.1 Å². The fraction of sp³-hybridized carbons (Fsp3) is 0.300. The highest BCUT2D eigenvalue weighted by Crippen LogP contribution is 2.34. The Bertz CT molecular complexity index is 1070. The van der Waals surface area contributed by atoms with E-state index in [0.717, 1.165) is 0 Å². The highest BCUT2D eigenvalue weighted by Gasteiger charge is 2.39. The maximum Gasteiger partial charge on any atom is 0.417 e. The Morgan fingerprint density at radius 1 is 1.19 bits per heavy atom. The summed E-state index contributed by atoms with van der Waals surface area (Å²) in [5.74, 6) is -0.983. The Labute approximate surface area is 184 Å². The molecule has 3 aromatic rings. The molecular weight excluding hydrogens is 456 g/mol. The van der Waals surface area contributed by atoms with Gasteiger partial charge < -0.3 is 9.47 Å². The van der Waals surface area contributed by atoms with Crippen LogP contribution in [0.25, 0.3) is 0 Å². The van der Waals surface area contributed by atoms with Gasteiger partial charge >= 0.3 is 6.18 Å². The second-order valence-electron chi connectivity index (χ2n) is 7.35. The minimum atomic E-state index is -4.61. The fourth-order valence-electron chi connectivity index (χ4n) is 2.58. The van der Waals surface area contributed by atoms with Gasteiger partial charge in [0.1, 0.15) is 29.5 Å². The summed E-state index contributed by atoms with van der Waals surface area (Å²) in [6, 6.07) is 5.71. The van der Waals surface area contributed by atoms with Crippen LogP contribution in [0, 0.1) is 11.2 Å². The normalized spacial score (nSPS) is 13.0. The summed E-state index contributed by atoms with van der Waals surface area (Å²) in [6.07, 6.45) is -4.02. The van der Waals surface area contributed by atoms with Gasteiger partial charge in [0.2, 0.25) is 12.0 Å². The molecule has 3 rings (SSSR count). The van der Waals surface area contributed by atoms with Gasteiger partial charge in [0, 0.05) is 6.20 Å². The number of benzene rings is 1. The molecule has 0 aliphatic carbocycles. The van der Waals surface area contributed by atoms with Gasteiger partial charge in [-0.1, -0.05) is 11.6 Å². The number of aromatic nitrogens is 4. The molecule has 1 aromatic carbocycles. The Morgan fingerprint density at radius 2 is 1.88 bits per heavy atom. The van der Waals surface area contributed by atoms with E-state index in [-0.39, 0.29) is 29.1 Å². The van der Waals surface area contributed by atoms with Crippen LogP contribution in [0.1, 0.15) is 31.3 Å². The lowest BCUT2D eigenvalue weighted by Gasteiger charge is -2.27. The molecule has 1 N–H and O–H groups in total. The first-order valence-corrected chi connectivity index (χ1v) is 9.53. The summed E-state index contributed by atoms with van der Waals surface area (Å²) in [7, 11) is 0. The van der Waals surface area contributed by atoms with E-state index in [1.165, 1.54) is 30.6 Å². The molecule has 0 aliphatic rings. The maximum atomic E-state index is 13.3. The molecule has 0 amide bonds. The number of H-pyrrole nitrogens is 1. The van der Waals surface area contributed by atoms with Crippen LogP contribution in [-0.4, -0.2) is 32.6 Å². The summed E-state index contributed by atoms with van der Waals surface area (Å²) in [4.78, 5) is 20.8. The molecule has 170 valence electrons. The number of ketones is 1. The van der Waals surface area contributed by atoms with E-state index >= 15 is 0 Å². The van der Waals surface area contributed by atoms with Crippen molar-refractivity contribution in [2.75, 3.05) is 6.61 Å². The minimum absolute atomic E-state index is 0.0399. The largest absolute Gasteiger partial charge is 0.476 e. The van der Waals surface area contributed by atoms with Gasteiger partial charge in [0.25, 0.3) is 0 Å². The summed E-state index contributed by atoms with van der Waals surface area (Å²) in [5.41, 5.74) is -2.25. The third-order valence-corrected chi connectivity index (χ3v) is 4.62. The molecule has 0 radical (unpaired) electrons. The number of rotatable bonds is 8. The monoisotopic (exact) mass is 472 g/mol. The summed E-state index contributed by atoms with van der Waals surface area (Å²) in [6.45, 7) is 2.81. The predicted octanol–water partition coefficient (Wildman–Crippen LogP) is 4.81. The summed E-state index contributed by atoms with van der Waals surface area (Å²) >= 11 is 5.86. The van der Waals surface area contributed by atoms with E-state index in [1.807, 2.05) is 0 Å². The van der Waals surface area contributed by atoms with Crippen molar-refractivity contribution >= 4 is 17.4 Å². The first-order chi connectivity index (χ1) is 15.0. The standard InChI is InChI=1S/C20H17ClF4N4O3/c1-19(2,9-31-18-14(21)7-11(8-26-18)20(23,24)25)16(30)15(17-27-10-28-29-17)32-13-5-3-12(22)4-6-13/h3-8,10,15H,9H2,1-2H3,(H,27,28,29). The van der Waals surface area contributed by atoms with Gasteiger partial charge in [-0.25, -0.2) is 14.4 Å². The van der Waals surface area contributed by atoms with Crippen molar-refractivity contribution in [1.29, 1.82) is 0 Å². The zero-order valence-electron chi connectivity index (χ0n) is 16.8. The van der Waals surface area contributed by atoms with E-state index in [1.54, 1.807) is 13.8 Å². The van der Waals surface area contributed by atoms with Gasteiger partial charge in [0.15, 0.2) is 11.6 Å². The molecule has 12 heteroatoms. The molecule has 0 fully saturated rings. The van der Waals surface area contributed by atoms with Crippen molar-refractivity contribution in [3.63, 3.8) is 0 Å². The van der Waals surface area contributed by atoms with Gasteiger partial charge in [-0.3, -0.25) is 9.89 Å². The number of carbonyl (C=O) groups is 1. The lowest BCUT2D eigenvalue weighted by molar-refractivity contribution is -0.137. The second kappa shape index (κ2) is 9.11. The number of carbonyl (C=O) groups excluding carboxylic acids is 1. The van der Waals surface area contributed by atoms with Crippen molar-refractivity contribution in [2.24, 2.45) is 5.41 Å². The first kappa shape index (κ1) is 23.5. The van der Waals surface area contributed by atoms with Crippen molar-refractivity contribution < 1.29 is 31.8 Å². The lowest BCUT2D eigenvalue weighted by Crippen LogP contribution is -2.37. The molecule has 2 aromatic heterocycles. The summed E-state index contributed by atoms with van der Waals surface area (Å²) < 4.78 is 62.6. The SMILES string of the molecule is CC(C)(COc1ncc(C(F)(F)F)cc1Cl)C(=O)C(Oc1ccc(F)cc1)c1nc[nH]n1. The van der Waals surface area contributed by atoms with E-state index in [2.05, 4.69) is 20.2 Å². The number of hydrogen-bond acceptors (Lipinski definition) is 6. The van der Waals surface area contributed by atoms with Gasteiger partial charge in [-0.15, -0.1) is 0 Å². The average Bonchev–Trinajstić information content (AvgIpc) is 3.26. The Hall–Kier alpha value is -3.21. The van der Waals surface area contributed by atoms with Gasteiger partial charge in [-0.05, 0) is 44.2 Å².